The van der Waals surface area contributed by atoms with Crippen LogP contribution in [0.3, 0.4) is 0 Å². The lowest BCUT2D eigenvalue weighted by atomic mass is 9.94. The molecule has 4 nitrogen and oxygen atoms in total. The summed E-state index contributed by atoms with van der Waals surface area (Å²) in [6.07, 6.45) is 6.67. The maximum absolute atomic E-state index is 12.4. The molecule has 1 aromatic carbocycles. The van der Waals surface area contributed by atoms with Gasteiger partial charge in [-0.15, -0.1) is 0 Å². The molecule has 3 rings (SSSR count). The largest absolute Gasteiger partial charge is 0.322 e. The van der Waals surface area contributed by atoms with Crippen LogP contribution >= 0.6 is 23.2 Å². The van der Waals surface area contributed by atoms with E-state index in [1.54, 1.807) is 18.2 Å². The third kappa shape index (κ3) is 4.11. The summed E-state index contributed by atoms with van der Waals surface area (Å²) in [6, 6.07) is 5.81. The maximum Gasteiger partial charge on any atom is 0.322 e. The number of anilines is 1. The van der Waals surface area contributed by atoms with Crippen LogP contribution in [0.4, 0.5) is 10.5 Å². The number of carbonyl (C=O) groups excluding carboxylic acids is 1. The van der Waals surface area contributed by atoms with E-state index in [1.165, 1.54) is 32.1 Å². The lowest BCUT2D eigenvalue weighted by molar-refractivity contribution is 0.0943. The molecule has 1 aliphatic carbocycles. The van der Waals surface area contributed by atoms with Gasteiger partial charge in [0.1, 0.15) is 0 Å². The van der Waals surface area contributed by atoms with Crippen LogP contribution in [0, 0.1) is 0 Å². The molecule has 0 spiro atoms. The number of urea groups is 1. The first-order valence-electron chi connectivity index (χ1n) is 8.39. The Hall–Kier alpha value is -0.970. The van der Waals surface area contributed by atoms with Crippen molar-refractivity contribution in [3.63, 3.8) is 0 Å². The molecule has 1 aliphatic heterocycles. The summed E-state index contributed by atoms with van der Waals surface area (Å²) in [4.78, 5) is 16.8. The van der Waals surface area contributed by atoms with Crippen molar-refractivity contribution in [1.29, 1.82) is 0 Å². The molecule has 1 N–H and O–H groups in total. The molecule has 1 aromatic rings. The van der Waals surface area contributed by atoms with Crippen molar-refractivity contribution < 1.29 is 4.79 Å². The predicted octanol–water partition coefficient (Wildman–Crippen LogP) is 4.48. The van der Waals surface area contributed by atoms with Gasteiger partial charge in [0.05, 0.1) is 15.7 Å². The number of para-hydroxylation sites is 1. The van der Waals surface area contributed by atoms with E-state index in [4.69, 9.17) is 23.2 Å². The minimum atomic E-state index is -0.122. The number of benzene rings is 1. The zero-order valence-corrected chi connectivity index (χ0v) is 14.7. The fourth-order valence-electron chi connectivity index (χ4n) is 3.54. The number of piperazine rings is 1. The normalized spacial score (nSPS) is 20.5. The van der Waals surface area contributed by atoms with Gasteiger partial charge in [0.25, 0.3) is 0 Å². The van der Waals surface area contributed by atoms with Gasteiger partial charge in [0.15, 0.2) is 0 Å². The van der Waals surface area contributed by atoms with Crippen LogP contribution in [-0.2, 0) is 0 Å². The SMILES string of the molecule is O=C(Nc1c(Cl)cccc1Cl)N1CCN(C2CCCCC2)CC1. The van der Waals surface area contributed by atoms with Crippen molar-refractivity contribution in [2.24, 2.45) is 0 Å². The average Bonchev–Trinajstić information content (AvgIpc) is 2.59. The van der Waals surface area contributed by atoms with Gasteiger partial charge >= 0.3 is 6.03 Å². The van der Waals surface area contributed by atoms with Gasteiger partial charge in [-0.25, -0.2) is 4.79 Å². The molecule has 2 aliphatic rings. The topological polar surface area (TPSA) is 35.6 Å². The number of rotatable bonds is 2. The first-order valence-corrected chi connectivity index (χ1v) is 9.15. The van der Waals surface area contributed by atoms with E-state index in [0.29, 0.717) is 21.8 Å². The summed E-state index contributed by atoms with van der Waals surface area (Å²) in [7, 11) is 0. The summed E-state index contributed by atoms with van der Waals surface area (Å²) in [5, 5.41) is 3.78. The Labute approximate surface area is 147 Å². The zero-order chi connectivity index (χ0) is 16.2. The Morgan fingerprint density at radius 3 is 2.22 bits per heavy atom. The minimum absolute atomic E-state index is 0.122. The zero-order valence-electron chi connectivity index (χ0n) is 13.2. The average molecular weight is 356 g/mol. The Morgan fingerprint density at radius 2 is 1.61 bits per heavy atom. The van der Waals surface area contributed by atoms with Gasteiger partial charge in [-0.05, 0) is 25.0 Å². The summed E-state index contributed by atoms with van der Waals surface area (Å²) in [6.45, 7) is 3.41. The lowest BCUT2D eigenvalue weighted by Crippen LogP contribution is -2.53. The second-order valence-corrected chi connectivity index (χ2v) is 7.16. The smallest absolute Gasteiger partial charge is 0.322 e. The molecule has 0 radical (unpaired) electrons. The van der Waals surface area contributed by atoms with Crippen LogP contribution in [0.5, 0.6) is 0 Å². The molecule has 2 fully saturated rings. The van der Waals surface area contributed by atoms with Crippen molar-refractivity contribution >= 4 is 34.9 Å². The molecule has 1 heterocycles. The molecule has 126 valence electrons. The number of nitrogens with zero attached hydrogens (tertiary/aromatic N) is 2. The van der Waals surface area contributed by atoms with Gasteiger partial charge < -0.3 is 10.2 Å². The van der Waals surface area contributed by atoms with Gasteiger partial charge in [0.2, 0.25) is 0 Å². The van der Waals surface area contributed by atoms with Crippen LogP contribution in [0.25, 0.3) is 0 Å². The maximum atomic E-state index is 12.4. The number of carbonyl (C=O) groups is 1. The van der Waals surface area contributed by atoms with Gasteiger partial charge in [0, 0.05) is 32.2 Å². The highest BCUT2D eigenvalue weighted by molar-refractivity contribution is 6.39. The molecule has 0 bridgehead atoms. The minimum Gasteiger partial charge on any atom is -0.322 e. The van der Waals surface area contributed by atoms with Gasteiger partial charge in [-0.1, -0.05) is 48.5 Å². The standard InChI is InChI=1S/C17H23Cl2N3O/c18-14-7-4-8-15(19)16(14)20-17(23)22-11-9-21(10-12-22)13-5-2-1-3-6-13/h4,7-8,13H,1-3,5-6,9-12H2,(H,20,23). The highest BCUT2D eigenvalue weighted by Crippen LogP contribution is 2.30. The van der Waals surface area contributed by atoms with E-state index in [9.17, 15) is 4.79 Å². The molecule has 1 saturated carbocycles. The summed E-state index contributed by atoms with van der Waals surface area (Å²) in [5.41, 5.74) is 0.496. The molecule has 23 heavy (non-hydrogen) atoms. The van der Waals surface area contributed by atoms with E-state index < -0.39 is 0 Å². The Bertz CT molecular complexity index is 533. The first kappa shape index (κ1) is 16.9. The summed E-state index contributed by atoms with van der Waals surface area (Å²) in [5.74, 6) is 0. The number of amides is 2. The highest BCUT2D eigenvalue weighted by Gasteiger charge is 2.27. The van der Waals surface area contributed by atoms with Crippen LogP contribution in [-0.4, -0.2) is 48.1 Å². The monoisotopic (exact) mass is 355 g/mol. The number of hydrogen-bond donors (Lipinski definition) is 1. The molecule has 0 aromatic heterocycles. The van der Waals surface area contributed by atoms with Crippen molar-refractivity contribution in [3.8, 4) is 0 Å². The molecule has 0 unspecified atom stereocenters. The number of nitrogens with one attached hydrogen (secondary N) is 1. The van der Waals surface area contributed by atoms with E-state index >= 15 is 0 Å². The fraction of sp³-hybridized carbons (Fsp3) is 0.588. The predicted molar refractivity (Wildman–Crippen MR) is 95.5 cm³/mol. The summed E-state index contributed by atoms with van der Waals surface area (Å²) < 4.78 is 0. The van der Waals surface area contributed by atoms with Gasteiger partial charge in [-0.3, -0.25) is 4.90 Å². The third-order valence-corrected chi connectivity index (χ3v) is 5.52. The van der Waals surface area contributed by atoms with E-state index in [1.807, 2.05) is 4.90 Å². The molecule has 1 saturated heterocycles. The fourth-order valence-corrected chi connectivity index (χ4v) is 4.03. The van der Waals surface area contributed by atoms with Crippen molar-refractivity contribution in [2.45, 2.75) is 38.1 Å². The third-order valence-electron chi connectivity index (χ3n) is 4.89. The van der Waals surface area contributed by atoms with E-state index in [2.05, 4.69) is 10.2 Å². The van der Waals surface area contributed by atoms with Crippen LogP contribution in [0.15, 0.2) is 18.2 Å². The van der Waals surface area contributed by atoms with Gasteiger partial charge in [-0.2, -0.15) is 0 Å². The molecular weight excluding hydrogens is 333 g/mol. The Morgan fingerprint density at radius 1 is 1.00 bits per heavy atom. The Balaban J connectivity index is 1.54. The van der Waals surface area contributed by atoms with Crippen LogP contribution in [0.2, 0.25) is 10.0 Å². The molecular formula is C17H23Cl2N3O. The lowest BCUT2D eigenvalue weighted by Gasteiger charge is -2.40. The van der Waals surface area contributed by atoms with Crippen molar-refractivity contribution in [2.75, 3.05) is 31.5 Å². The molecule has 2 amide bonds. The summed E-state index contributed by atoms with van der Waals surface area (Å²) >= 11 is 12.2. The van der Waals surface area contributed by atoms with E-state index in [-0.39, 0.29) is 6.03 Å². The van der Waals surface area contributed by atoms with Crippen LogP contribution in [0.1, 0.15) is 32.1 Å². The van der Waals surface area contributed by atoms with Crippen molar-refractivity contribution in [3.05, 3.63) is 28.2 Å². The second-order valence-electron chi connectivity index (χ2n) is 6.34. The molecule has 0 atom stereocenters. The first-order chi connectivity index (χ1) is 11.1. The number of halogens is 2. The highest BCUT2D eigenvalue weighted by atomic mass is 35.5. The van der Waals surface area contributed by atoms with Crippen LogP contribution < -0.4 is 5.32 Å². The van der Waals surface area contributed by atoms with Crippen molar-refractivity contribution in [1.82, 2.24) is 9.80 Å². The second kappa shape index (κ2) is 7.73. The number of hydrogen-bond acceptors (Lipinski definition) is 2. The Kier molecular flexibility index (Phi) is 5.67. The quantitative estimate of drug-likeness (QED) is 0.848. The molecule has 6 heteroatoms. The van der Waals surface area contributed by atoms with E-state index in [0.717, 1.165) is 26.2 Å².